The first-order valence-corrected chi connectivity index (χ1v) is 9.36. The fraction of sp³-hybridized carbons (Fsp3) is 0.588. The van der Waals surface area contributed by atoms with Crippen LogP contribution in [0.3, 0.4) is 0 Å². The normalized spacial score (nSPS) is 16.6. The second-order valence-corrected chi connectivity index (χ2v) is 6.63. The molecule has 6 nitrogen and oxygen atoms in total. The molecule has 1 saturated heterocycles. The van der Waals surface area contributed by atoms with Crippen molar-refractivity contribution >= 4 is 23.4 Å². The summed E-state index contributed by atoms with van der Waals surface area (Å²) < 4.78 is 10.6. The first-order chi connectivity index (χ1) is 11.6. The second-order valence-electron chi connectivity index (χ2n) is 5.78. The number of carbonyl (C=O) groups excluding carboxylic acids is 1. The van der Waals surface area contributed by atoms with Crippen LogP contribution in [0.1, 0.15) is 37.7 Å². The van der Waals surface area contributed by atoms with E-state index >= 15 is 0 Å². The van der Waals surface area contributed by atoms with Crippen molar-refractivity contribution in [3.63, 3.8) is 0 Å². The number of hydrogen-bond donors (Lipinski definition) is 0. The summed E-state index contributed by atoms with van der Waals surface area (Å²) in [4.78, 5) is 23.9. The number of hydrogen-bond acceptors (Lipinski definition) is 6. The van der Waals surface area contributed by atoms with E-state index in [4.69, 9.17) is 9.47 Å². The molecule has 0 aromatic heterocycles. The van der Waals surface area contributed by atoms with Crippen molar-refractivity contribution in [3.8, 4) is 0 Å². The number of thioether (sulfide) groups is 1. The average Bonchev–Trinajstić information content (AvgIpc) is 2.60. The summed E-state index contributed by atoms with van der Waals surface area (Å²) in [6.45, 7) is 3.47. The van der Waals surface area contributed by atoms with Gasteiger partial charge in [0.25, 0.3) is 5.69 Å². The monoisotopic (exact) mass is 353 g/mol. The quantitative estimate of drug-likeness (QED) is 0.321. The maximum absolute atomic E-state index is 12.4. The van der Waals surface area contributed by atoms with Gasteiger partial charge in [0.2, 0.25) is 0 Å². The van der Waals surface area contributed by atoms with Gasteiger partial charge in [-0.25, -0.2) is 0 Å². The number of esters is 1. The molecule has 24 heavy (non-hydrogen) atoms. The molecule has 0 amide bonds. The zero-order valence-corrected chi connectivity index (χ0v) is 14.8. The van der Waals surface area contributed by atoms with Crippen LogP contribution in [0.15, 0.2) is 23.1 Å². The molecule has 0 aliphatic carbocycles. The van der Waals surface area contributed by atoms with Crippen LogP contribution < -0.4 is 0 Å². The van der Waals surface area contributed by atoms with E-state index in [2.05, 4.69) is 0 Å². The Bertz CT molecular complexity index is 586. The van der Waals surface area contributed by atoms with E-state index in [-0.39, 0.29) is 11.7 Å². The average molecular weight is 353 g/mol. The van der Waals surface area contributed by atoms with E-state index in [1.54, 1.807) is 25.3 Å². The summed E-state index contributed by atoms with van der Waals surface area (Å²) in [6, 6.07) is 5.04. The van der Waals surface area contributed by atoms with Gasteiger partial charge in [0.15, 0.2) is 0 Å². The lowest BCUT2D eigenvalue weighted by molar-refractivity contribution is -0.387. The van der Waals surface area contributed by atoms with Crippen LogP contribution in [0, 0.1) is 16.0 Å². The minimum absolute atomic E-state index is 0.0428. The fourth-order valence-electron chi connectivity index (χ4n) is 2.99. The third-order valence-electron chi connectivity index (χ3n) is 4.28. The van der Waals surface area contributed by atoms with Crippen LogP contribution in [0.4, 0.5) is 5.69 Å². The molecule has 1 heterocycles. The molecule has 0 bridgehead atoms. The van der Waals surface area contributed by atoms with E-state index in [0.29, 0.717) is 42.6 Å². The molecule has 1 aromatic rings. The number of rotatable bonds is 7. The van der Waals surface area contributed by atoms with Crippen LogP contribution in [-0.2, 0) is 14.3 Å². The number of nitro benzene ring substituents is 1. The summed E-state index contributed by atoms with van der Waals surface area (Å²) in [7, 11) is 0. The number of carbonyl (C=O) groups is 1. The highest BCUT2D eigenvalue weighted by atomic mass is 32.2. The van der Waals surface area contributed by atoms with Gasteiger partial charge in [0, 0.05) is 19.3 Å². The Morgan fingerprint density at radius 1 is 1.46 bits per heavy atom. The molecule has 7 heteroatoms. The largest absolute Gasteiger partial charge is 0.466 e. The Labute approximate surface area is 146 Å². The Morgan fingerprint density at radius 3 is 2.75 bits per heavy atom. The molecule has 1 aromatic carbocycles. The molecule has 132 valence electrons. The van der Waals surface area contributed by atoms with Gasteiger partial charge >= 0.3 is 5.97 Å². The van der Waals surface area contributed by atoms with Gasteiger partial charge in [0.05, 0.1) is 22.3 Å². The Morgan fingerprint density at radius 2 is 2.17 bits per heavy atom. The molecule has 0 saturated carbocycles. The summed E-state index contributed by atoms with van der Waals surface area (Å²) in [6.07, 6.45) is 4.24. The first kappa shape index (κ1) is 18.7. The molecule has 0 radical (unpaired) electrons. The van der Waals surface area contributed by atoms with E-state index < -0.39 is 10.8 Å². The summed E-state index contributed by atoms with van der Waals surface area (Å²) in [5, 5.41) is 11.3. The summed E-state index contributed by atoms with van der Waals surface area (Å²) >= 11 is 1.32. The maximum atomic E-state index is 12.4. The predicted molar refractivity (Wildman–Crippen MR) is 92.4 cm³/mol. The van der Waals surface area contributed by atoms with E-state index in [9.17, 15) is 14.9 Å². The highest BCUT2D eigenvalue weighted by Gasteiger charge is 2.29. The van der Waals surface area contributed by atoms with Crippen LogP contribution in [-0.4, -0.2) is 37.0 Å². The lowest BCUT2D eigenvalue weighted by Crippen LogP contribution is -2.23. The highest BCUT2D eigenvalue weighted by molar-refractivity contribution is 7.98. The van der Waals surface area contributed by atoms with Crippen LogP contribution in [0.5, 0.6) is 0 Å². The minimum atomic E-state index is -0.470. The van der Waals surface area contributed by atoms with Crippen molar-refractivity contribution in [1.82, 2.24) is 0 Å². The Balaban J connectivity index is 2.29. The van der Waals surface area contributed by atoms with Crippen LogP contribution in [0.2, 0.25) is 0 Å². The molecule has 0 N–H and O–H groups in total. The van der Waals surface area contributed by atoms with Gasteiger partial charge in [-0.05, 0) is 50.0 Å². The van der Waals surface area contributed by atoms with Crippen molar-refractivity contribution in [2.24, 2.45) is 5.92 Å². The van der Waals surface area contributed by atoms with Gasteiger partial charge < -0.3 is 9.47 Å². The van der Waals surface area contributed by atoms with Crippen molar-refractivity contribution in [3.05, 3.63) is 33.9 Å². The molecule has 0 spiro atoms. The SMILES string of the molecule is CCOC(=O)C(CC1CCOCC1)c1ccc(SC)c([N+](=O)[O-])c1. The van der Waals surface area contributed by atoms with E-state index in [1.165, 1.54) is 17.8 Å². The van der Waals surface area contributed by atoms with Gasteiger partial charge in [0.1, 0.15) is 0 Å². The van der Waals surface area contributed by atoms with E-state index in [1.807, 2.05) is 0 Å². The lowest BCUT2D eigenvalue weighted by atomic mass is 9.85. The van der Waals surface area contributed by atoms with Gasteiger partial charge in [-0.15, -0.1) is 11.8 Å². The van der Waals surface area contributed by atoms with Crippen molar-refractivity contribution < 1.29 is 19.2 Å². The molecule has 2 rings (SSSR count). The van der Waals surface area contributed by atoms with Crippen LogP contribution in [0.25, 0.3) is 0 Å². The molecule has 1 aliphatic heterocycles. The van der Waals surface area contributed by atoms with Gasteiger partial charge in [-0.2, -0.15) is 0 Å². The molecule has 1 fully saturated rings. The van der Waals surface area contributed by atoms with Crippen molar-refractivity contribution in [1.29, 1.82) is 0 Å². The standard InChI is InChI=1S/C17H23NO5S/c1-3-23-17(19)14(10-12-6-8-22-9-7-12)13-4-5-16(24-2)15(11-13)18(20)21/h4-5,11-12,14H,3,6-10H2,1-2H3. The summed E-state index contributed by atoms with van der Waals surface area (Å²) in [5.41, 5.74) is 0.700. The van der Waals surface area contributed by atoms with Gasteiger partial charge in [-0.3, -0.25) is 14.9 Å². The molecule has 1 atom stereocenters. The summed E-state index contributed by atoms with van der Waals surface area (Å²) in [5.74, 6) is -0.412. The third-order valence-corrected chi connectivity index (χ3v) is 5.07. The lowest BCUT2D eigenvalue weighted by Gasteiger charge is -2.26. The molecular weight excluding hydrogens is 330 g/mol. The maximum Gasteiger partial charge on any atom is 0.313 e. The number of benzene rings is 1. The zero-order valence-electron chi connectivity index (χ0n) is 14.0. The third kappa shape index (κ3) is 4.70. The number of nitro groups is 1. The first-order valence-electron chi connectivity index (χ1n) is 8.13. The smallest absolute Gasteiger partial charge is 0.313 e. The zero-order chi connectivity index (χ0) is 17.5. The van der Waals surface area contributed by atoms with Gasteiger partial charge in [-0.1, -0.05) is 6.07 Å². The fourth-order valence-corrected chi connectivity index (χ4v) is 3.54. The second kappa shape index (κ2) is 9.03. The molecular formula is C17H23NO5S. The Kier molecular flexibility index (Phi) is 7.05. The predicted octanol–water partition coefficient (Wildman–Crippen LogP) is 3.78. The van der Waals surface area contributed by atoms with E-state index in [0.717, 1.165) is 12.8 Å². The van der Waals surface area contributed by atoms with Crippen molar-refractivity contribution in [2.75, 3.05) is 26.1 Å². The van der Waals surface area contributed by atoms with Crippen molar-refractivity contribution in [2.45, 2.75) is 37.0 Å². The molecule has 1 aliphatic rings. The number of ether oxygens (including phenoxy) is 2. The Hall–Kier alpha value is -1.60. The number of nitrogens with zero attached hydrogens (tertiary/aromatic N) is 1. The highest BCUT2D eigenvalue weighted by Crippen LogP contribution is 2.35. The topological polar surface area (TPSA) is 78.7 Å². The minimum Gasteiger partial charge on any atom is -0.466 e. The van der Waals surface area contributed by atoms with Crippen LogP contribution >= 0.6 is 11.8 Å². The molecule has 1 unspecified atom stereocenters.